The summed E-state index contributed by atoms with van der Waals surface area (Å²) in [6, 6.07) is 8.89. The number of nitrogens with one attached hydrogen (secondary N) is 1. The highest BCUT2D eigenvalue weighted by atomic mass is 16.5. The Bertz CT molecular complexity index is 428. The zero-order valence-electron chi connectivity index (χ0n) is 10.00. The molecule has 0 saturated heterocycles. The average Bonchev–Trinajstić information content (AvgIpc) is 2.35. The van der Waals surface area contributed by atoms with Gasteiger partial charge in [-0.25, -0.2) is 9.59 Å². The van der Waals surface area contributed by atoms with Crippen molar-refractivity contribution in [2.45, 2.75) is 19.6 Å². The van der Waals surface area contributed by atoms with E-state index in [-0.39, 0.29) is 6.61 Å². The number of carbonyl (C=O) groups excluding carboxylic acids is 1. The number of carboxylic acids is 1. The first-order valence-corrected chi connectivity index (χ1v) is 5.46. The molecular weight excluding hydrogens is 234 g/mol. The van der Waals surface area contributed by atoms with Crippen LogP contribution in [-0.2, 0) is 16.1 Å². The lowest BCUT2D eigenvalue weighted by Crippen LogP contribution is -2.31. The number of hydrogen-bond acceptors (Lipinski definition) is 3. The molecule has 5 nitrogen and oxygen atoms in total. The highest BCUT2D eigenvalue weighted by Crippen LogP contribution is 2.00. The third-order valence-corrected chi connectivity index (χ3v) is 2.09. The number of aliphatic carboxylic acids is 1. The molecule has 1 amide bonds. The number of alkyl carbamates (subject to hydrolysis) is 1. The molecule has 1 atom stereocenters. The van der Waals surface area contributed by atoms with Crippen molar-refractivity contribution in [2.24, 2.45) is 0 Å². The third-order valence-electron chi connectivity index (χ3n) is 2.09. The summed E-state index contributed by atoms with van der Waals surface area (Å²) < 4.78 is 4.97. The largest absolute Gasteiger partial charge is 0.478 e. The van der Waals surface area contributed by atoms with Gasteiger partial charge in [0.1, 0.15) is 6.61 Å². The maximum absolute atomic E-state index is 11.4. The summed E-state index contributed by atoms with van der Waals surface area (Å²) in [5.74, 6) is -1.05. The predicted octanol–water partition coefficient (Wildman–Crippen LogP) is 1.94. The van der Waals surface area contributed by atoms with E-state index in [1.807, 2.05) is 30.3 Å². The smallest absolute Gasteiger partial charge is 0.407 e. The number of ether oxygens (including phenoxy) is 1. The SMILES string of the molecule is CC(/C=C/C(=O)O)NC(=O)OCc1ccccc1. The maximum Gasteiger partial charge on any atom is 0.407 e. The molecule has 1 aromatic carbocycles. The molecular formula is C13H15NO4. The molecule has 0 radical (unpaired) electrons. The lowest BCUT2D eigenvalue weighted by molar-refractivity contribution is -0.131. The van der Waals surface area contributed by atoms with Crippen LogP contribution in [0.2, 0.25) is 0 Å². The van der Waals surface area contributed by atoms with Gasteiger partial charge in [0, 0.05) is 12.1 Å². The van der Waals surface area contributed by atoms with Crippen LogP contribution in [-0.4, -0.2) is 23.2 Å². The number of amides is 1. The Morgan fingerprint density at radius 2 is 2.06 bits per heavy atom. The highest BCUT2D eigenvalue weighted by molar-refractivity contribution is 5.80. The molecule has 0 spiro atoms. The second-order valence-corrected chi connectivity index (χ2v) is 3.69. The molecule has 0 bridgehead atoms. The van der Waals surface area contributed by atoms with E-state index in [2.05, 4.69) is 5.32 Å². The number of rotatable bonds is 5. The van der Waals surface area contributed by atoms with Gasteiger partial charge in [-0.3, -0.25) is 0 Å². The molecule has 2 N–H and O–H groups in total. The second kappa shape index (κ2) is 7.11. The molecule has 1 aromatic rings. The molecule has 0 aromatic heterocycles. The fourth-order valence-electron chi connectivity index (χ4n) is 1.23. The average molecular weight is 249 g/mol. The zero-order valence-corrected chi connectivity index (χ0v) is 10.00. The molecule has 1 unspecified atom stereocenters. The molecule has 5 heteroatoms. The molecule has 0 saturated carbocycles. The van der Waals surface area contributed by atoms with E-state index in [1.165, 1.54) is 6.08 Å². The topological polar surface area (TPSA) is 75.6 Å². The number of hydrogen-bond donors (Lipinski definition) is 2. The van der Waals surface area contributed by atoms with Gasteiger partial charge >= 0.3 is 12.1 Å². The highest BCUT2D eigenvalue weighted by Gasteiger charge is 2.05. The molecule has 0 fully saturated rings. The standard InChI is InChI=1S/C13H15NO4/c1-10(7-8-12(15)16)14-13(17)18-9-11-5-3-2-4-6-11/h2-8,10H,9H2,1H3,(H,14,17)(H,15,16)/b8-7+. The van der Waals surface area contributed by atoms with Gasteiger partial charge in [-0.1, -0.05) is 36.4 Å². The van der Waals surface area contributed by atoms with Gasteiger partial charge in [0.05, 0.1) is 0 Å². The van der Waals surface area contributed by atoms with Gasteiger partial charge in [-0.05, 0) is 12.5 Å². The van der Waals surface area contributed by atoms with Crippen LogP contribution in [0.5, 0.6) is 0 Å². The predicted molar refractivity (Wildman–Crippen MR) is 66.0 cm³/mol. The van der Waals surface area contributed by atoms with Crippen molar-refractivity contribution >= 4 is 12.1 Å². The van der Waals surface area contributed by atoms with Crippen LogP contribution in [0, 0.1) is 0 Å². The van der Waals surface area contributed by atoms with E-state index < -0.39 is 18.1 Å². The van der Waals surface area contributed by atoms with Crippen LogP contribution in [0.3, 0.4) is 0 Å². The van der Waals surface area contributed by atoms with E-state index >= 15 is 0 Å². The summed E-state index contributed by atoms with van der Waals surface area (Å²) in [6.07, 6.45) is 1.76. The molecule has 0 aliphatic heterocycles. The molecule has 1 rings (SSSR count). The first kappa shape index (κ1) is 13.8. The minimum Gasteiger partial charge on any atom is -0.478 e. The van der Waals surface area contributed by atoms with Gasteiger partial charge in [0.15, 0.2) is 0 Å². The van der Waals surface area contributed by atoms with Crippen LogP contribution >= 0.6 is 0 Å². The van der Waals surface area contributed by atoms with Gasteiger partial charge in [0.2, 0.25) is 0 Å². The van der Waals surface area contributed by atoms with Gasteiger partial charge in [-0.2, -0.15) is 0 Å². The first-order valence-electron chi connectivity index (χ1n) is 5.46. The monoisotopic (exact) mass is 249 g/mol. The Balaban J connectivity index is 2.31. The second-order valence-electron chi connectivity index (χ2n) is 3.69. The van der Waals surface area contributed by atoms with Gasteiger partial charge < -0.3 is 15.2 Å². The minimum absolute atomic E-state index is 0.183. The van der Waals surface area contributed by atoms with Crippen LogP contribution in [0.15, 0.2) is 42.5 Å². The maximum atomic E-state index is 11.4. The summed E-state index contributed by atoms with van der Waals surface area (Å²) in [4.78, 5) is 21.6. The zero-order chi connectivity index (χ0) is 13.4. The van der Waals surface area contributed by atoms with Crippen molar-refractivity contribution in [2.75, 3.05) is 0 Å². The summed E-state index contributed by atoms with van der Waals surface area (Å²) in [7, 11) is 0. The van der Waals surface area contributed by atoms with Gasteiger partial charge in [-0.15, -0.1) is 0 Å². The normalized spacial score (nSPS) is 12.1. The Morgan fingerprint density at radius 3 is 2.67 bits per heavy atom. The molecule has 0 aliphatic carbocycles. The third kappa shape index (κ3) is 5.69. The first-order chi connectivity index (χ1) is 8.58. The van der Waals surface area contributed by atoms with Crippen molar-refractivity contribution < 1.29 is 19.4 Å². The van der Waals surface area contributed by atoms with Crippen molar-refractivity contribution in [3.63, 3.8) is 0 Å². The molecule has 0 aliphatic rings. The van der Waals surface area contributed by atoms with Crippen LogP contribution in [0.1, 0.15) is 12.5 Å². The van der Waals surface area contributed by atoms with E-state index in [0.717, 1.165) is 11.6 Å². The van der Waals surface area contributed by atoms with E-state index in [4.69, 9.17) is 9.84 Å². The number of carbonyl (C=O) groups is 2. The Labute approximate surface area is 105 Å². The van der Waals surface area contributed by atoms with Crippen molar-refractivity contribution in [1.82, 2.24) is 5.32 Å². The van der Waals surface area contributed by atoms with Gasteiger partial charge in [0.25, 0.3) is 0 Å². The van der Waals surface area contributed by atoms with E-state index in [0.29, 0.717) is 0 Å². The van der Waals surface area contributed by atoms with Crippen LogP contribution in [0.4, 0.5) is 4.79 Å². The lowest BCUT2D eigenvalue weighted by atomic mass is 10.2. The van der Waals surface area contributed by atoms with Crippen molar-refractivity contribution in [3.05, 3.63) is 48.0 Å². The summed E-state index contributed by atoms with van der Waals surface area (Å²) in [6.45, 7) is 1.84. The van der Waals surface area contributed by atoms with Crippen molar-refractivity contribution in [1.29, 1.82) is 0 Å². The quantitative estimate of drug-likeness (QED) is 0.782. The van der Waals surface area contributed by atoms with Crippen LogP contribution in [0.25, 0.3) is 0 Å². The van der Waals surface area contributed by atoms with Crippen LogP contribution < -0.4 is 5.32 Å². The number of carboxylic acid groups (broad SMARTS) is 1. The number of benzene rings is 1. The molecule has 96 valence electrons. The Hall–Kier alpha value is -2.30. The summed E-state index contributed by atoms with van der Waals surface area (Å²) in [5, 5.41) is 10.9. The van der Waals surface area contributed by atoms with Crippen molar-refractivity contribution in [3.8, 4) is 0 Å². The Kier molecular flexibility index (Phi) is 5.44. The summed E-state index contributed by atoms with van der Waals surface area (Å²) in [5.41, 5.74) is 0.890. The Morgan fingerprint density at radius 1 is 1.39 bits per heavy atom. The lowest BCUT2D eigenvalue weighted by Gasteiger charge is -2.10. The fourth-order valence-corrected chi connectivity index (χ4v) is 1.23. The minimum atomic E-state index is -1.05. The summed E-state index contributed by atoms with van der Waals surface area (Å²) >= 11 is 0. The molecule has 18 heavy (non-hydrogen) atoms. The van der Waals surface area contributed by atoms with E-state index in [1.54, 1.807) is 6.92 Å². The molecule has 0 heterocycles. The fraction of sp³-hybridized carbons (Fsp3) is 0.231. The van der Waals surface area contributed by atoms with E-state index in [9.17, 15) is 9.59 Å².